The van der Waals surface area contributed by atoms with Gasteiger partial charge in [-0.05, 0) is 6.07 Å². The number of aromatic amines is 2. The highest BCUT2D eigenvalue weighted by molar-refractivity contribution is 6.13. The van der Waals surface area contributed by atoms with E-state index < -0.39 is 11.2 Å². The number of hydrogen-bond acceptors (Lipinski definition) is 6. The molecule has 0 aliphatic rings. The molecule has 0 spiro atoms. The summed E-state index contributed by atoms with van der Waals surface area (Å²) < 4.78 is 5.49. The molecule has 5 rings (SSSR count). The number of pyridine rings is 1. The second-order valence-corrected chi connectivity index (χ2v) is 6.28. The highest BCUT2D eigenvalue weighted by Gasteiger charge is 2.23. The number of nitrogens with zero attached hydrogens (tertiary/aromatic N) is 2. The van der Waals surface area contributed by atoms with Crippen molar-refractivity contribution >= 4 is 27.8 Å². The first-order valence-electron chi connectivity index (χ1n) is 8.49. The van der Waals surface area contributed by atoms with E-state index in [-0.39, 0.29) is 17.1 Å². The molecule has 5 aromatic rings. The fourth-order valence-corrected chi connectivity index (χ4v) is 3.41. The molecule has 136 valence electrons. The number of hydrogen-bond donors (Lipinski definition) is 3. The molecule has 0 saturated carbocycles. The van der Waals surface area contributed by atoms with Gasteiger partial charge in [0.2, 0.25) is 0 Å². The third-order valence-electron chi connectivity index (χ3n) is 4.59. The molecule has 3 heterocycles. The number of anilines is 1. The molecule has 4 N–H and O–H groups in total. The lowest BCUT2D eigenvalue weighted by molar-refractivity contribution is 0.452. The fraction of sp³-hybridized carbons (Fsp3) is 0. The minimum Gasteiger partial charge on any atom is -0.384 e. The highest BCUT2D eigenvalue weighted by atomic mass is 16.5. The highest BCUT2D eigenvalue weighted by Crippen LogP contribution is 2.39. The topological polar surface area (TPSA) is 131 Å². The Morgan fingerprint density at radius 1 is 0.893 bits per heavy atom. The summed E-state index contributed by atoms with van der Waals surface area (Å²) in [6.45, 7) is 0. The molecule has 2 aromatic carbocycles. The molecule has 8 heteroatoms. The Morgan fingerprint density at radius 3 is 2.43 bits per heavy atom. The van der Waals surface area contributed by atoms with Crippen LogP contribution in [0.1, 0.15) is 0 Å². The molecule has 0 fully saturated rings. The maximum atomic E-state index is 12.7. The van der Waals surface area contributed by atoms with Crippen molar-refractivity contribution in [3.05, 3.63) is 75.4 Å². The van der Waals surface area contributed by atoms with E-state index in [1.807, 2.05) is 48.5 Å². The predicted octanol–water partition coefficient (Wildman–Crippen LogP) is 2.67. The third kappa shape index (κ3) is 2.32. The van der Waals surface area contributed by atoms with Crippen molar-refractivity contribution in [2.75, 3.05) is 5.73 Å². The SMILES string of the molecule is Nc1[nH]c(=O)[nH]c(=O)c1-c1c2ccccc2nc2onc(-c3ccccc3)c12. The van der Waals surface area contributed by atoms with E-state index in [9.17, 15) is 9.59 Å². The Balaban J connectivity index is 2.02. The molecule has 0 aliphatic heterocycles. The molecule has 0 bridgehead atoms. The van der Waals surface area contributed by atoms with Gasteiger partial charge in [0.25, 0.3) is 11.3 Å². The van der Waals surface area contributed by atoms with Crippen molar-refractivity contribution in [1.82, 2.24) is 20.1 Å². The molecule has 0 aliphatic carbocycles. The van der Waals surface area contributed by atoms with Crippen molar-refractivity contribution < 1.29 is 4.52 Å². The standard InChI is InChI=1S/C20H13N5O3/c21-17-15(18(26)24-20(27)23-17)13-11-8-4-5-9-12(11)22-19-14(13)16(25-28-19)10-6-2-1-3-7-10/h1-9H,(H4,21,23,24,26,27). The second kappa shape index (κ2) is 5.92. The summed E-state index contributed by atoms with van der Waals surface area (Å²) in [5, 5.41) is 5.43. The van der Waals surface area contributed by atoms with Crippen LogP contribution in [0.5, 0.6) is 0 Å². The zero-order valence-electron chi connectivity index (χ0n) is 14.4. The first kappa shape index (κ1) is 16.0. The van der Waals surface area contributed by atoms with Crippen LogP contribution in [-0.4, -0.2) is 20.1 Å². The number of nitrogen functional groups attached to an aromatic ring is 1. The average molecular weight is 371 g/mol. The maximum Gasteiger partial charge on any atom is 0.327 e. The summed E-state index contributed by atoms with van der Waals surface area (Å²) in [5.74, 6) is -0.0355. The molecule has 3 aromatic heterocycles. The molecule has 0 saturated heterocycles. The Bertz CT molecular complexity index is 1460. The summed E-state index contributed by atoms with van der Waals surface area (Å²) in [6, 6.07) is 16.7. The lowest BCUT2D eigenvalue weighted by Gasteiger charge is -2.10. The van der Waals surface area contributed by atoms with Crippen molar-refractivity contribution in [3.8, 4) is 22.4 Å². The van der Waals surface area contributed by atoms with Crippen molar-refractivity contribution in [2.24, 2.45) is 0 Å². The van der Waals surface area contributed by atoms with Crippen LogP contribution < -0.4 is 17.0 Å². The van der Waals surface area contributed by atoms with Gasteiger partial charge in [0.1, 0.15) is 11.5 Å². The van der Waals surface area contributed by atoms with Crippen LogP contribution in [0.3, 0.4) is 0 Å². The van der Waals surface area contributed by atoms with E-state index in [0.717, 1.165) is 5.56 Å². The lowest BCUT2D eigenvalue weighted by Crippen LogP contribution is -2.25. The van der Waals surface area contributed by atoms with E-state index in [0.29, 0.717) is 27.5 Å². The van der Waals surface area contributed by atoms with Gasteiger partial charge in [-0.3, -0.25) is 14.8 Å². The van der Waals surface area contributed by atoms with Crippen LogP contribution in [0.4, 0.5) is 5.82 Å². The van der Waals surface area contributed by atoms with Gasteiger partial charge in [0, 0.05) is 16.5 Å². The van der Waals surface area contributed by atoms with Crippen LogP contribution in [0.15, 0.2) is 68.7 Å². The molecule has 0 atom stereocenters. The maximum absolute atomic E-state index is 12.7. The summed E-state index contributed by atoms with van der Waals surface area (Å²) >= 11 is 0. The zero-order chi connectivity index (χ0) is 19.3. The van der Waals surface area contributed by atoms with Gasteiger partial charge in [-0.25, -0.2) is 9.78 Å². The minimum atomic E-state index is -0.672. The number of nitrogens with one attached hydrogen (secondary N) is 2. The minimum absolute atomic E-state index is 0.0355. The fourth-order valence-electron chi connectivity index (χ4n) is 3.41. The Morgan fingerprint density at radius 2 is 1.64 bits per heavy atom. The van der Waals surface area contributed by atoms with Crippen LogP contribution in [0.2, 0.25) is 0 Å². The normalized spacial score (nSPS) is 11.3. The van der Waals surface area contributed by atoms with E-state index in [1.54, 1.807) is 6.07 Å². The summed E-state index contributed by atoms with van der Waals surface area (Å²) in [7, 11) is 0. The van der Waals surface area contributed by atoms with E-state index >= 15 is 0 Å². The third-order valence-corrected chi connectivity index (χ3v) is 4.59. The Labute approximate surface area is 156 Å². The number of benzene rings is 2. The molecule has 8 nitrogen and oxygen atoms in total. The van der Waals surface area contributed by atoms with Gasteiger partial charge in [-0.1, -0.05) is 53.7 Å². The molecule has 0 amide bonds. The van der Waals surface area contributed by atoms with Gasteiger partial charge in [0.05, 0.1) is 16.5 Å². The Hall–Kier alpha value is -4.20. The summed E-state index contributed by atoms with van der Waals surface area (Å²) in [6.07, 6.45) is 0. The number of H-pyrrole nitrogens is 2. The quantitative estimate of drug-likeness (QED) is 0.437. The van der Waals surface area contributed by atoms with Crippen LogP contribution in [0.25, 0.3) is 44.4 Å². The van der Waals surface area contributed by atoms with E-state index in [2.05, 4.69) is 20.1 Å². The second-order valence-electron chi connectivity index (χ2n) is 6.28. The Kier molecular flexibility index (Phi) is 3.38. The molecule has 28 heavy (non-hydrogen) atoms. The molecule has 0 radical (unpaired) electrons. The van der Waals surface area contributed by atoms with Gasteiger partial charge in [-0.15, -0.1) is 0 Å². The summed E-state index contributed by atoms with van der Waals surface area (Å²) in [5.41, 5.74) is 7.66. The van der Waals surface area contributed by atoms with Gasteiger partial charge < -0.3 is 10.3 Å². The van der Waals surface area contributed by atoms with Crippen molar-refractivity contribution in [3.63, 3.8) is 0 Å². The van der Waals surface area contributed by atoms with Crippen LogP contribution in [-0.2, 0) is 0 Å². The first-order valence-corrected chi connectivity index (χ1v) is 8.49. The van der Waals surface area contributed by atoms with Crippen LogP contribution in [0, 0.1) is 0 Å². The van der Waals surface area contributed by atoms with Gasteiger partial charge in [0.15, 0.2) is 0 Å². The van der Waals surface area contributed by atoms with Gasteiger partial charge >= 0.3 is 5.69 Å². The molecular formula is C20H13N5O3. The monoisotopic (exact) mass is 371 g/mol. The number of aromatic nitrogens is 4. The smallest absolute Gasteiger partial charge is 0.327 e. The average Bonchev–Trinajstić information content (AvgIpc) is 3.11. The zero-order valence-corrected chi connectivity index (χ0v) is 14.4. The molecule has 0 unspecified atom stereocenters. The largest absolute Gasteiger partial charge is 0.384 e. The predicted molar refractivity (Wildman–Crippen MR) is 106 cm³/mol. The lowest BCUT2D eigenvalue weighted by atomic mass is 9.96. The van der Waals surface area contributed by atoms with E-state index in [4.69, 9.17) is 10.3 Å². The van der Waals surface area contributed by atoms with Crippen molar-refractivity contribution in [1.29, 1.82) is 0 Å². The van der Waals surface area contributed by atoms with Gasteiger partial charge in [-0.2, -0.15) is 0 Å². The summed E-state index contributed by atoms with van der Waals surface area (Å²) in [4.78, 5) is 33.5. The number of rotatable bonds is 2. The van der Waals surface area contributed by atoms with E-state index in [1.165, 1.54) is 0 Å². The number of fused-ring (bicyclic) bond motifs is 2. The molecular weight excluding hydrogens is 358 g/mol. The van der Waals surface area contributed by atoms with Crippen LogP contribution >= 0.6 is 0 Å². The van der Waals surface area contributed by atoms with Crippen molar-refractivity contribution in [2.45, 2.75) is 0 Å². The number of nitrogens with two attached hydrogens (primary N) is 1. The first-order chi connectivity index (χ1) is 13.6. The number of para-hydroxylation sites is 1.